The summed E-state index contributed by atoms with van der Waals surface area (Å²) in [5.74, 6) is 1.51. The molecule has 0 bridgehead atoms. The molecule has 0 radical (unpaired) electrons. The van der Waals surface area contributed by atoms with Crippen LogP contribution < -0.4 is 20.7 Å². The molecule has 6 nitrogen and oxygen atoms in total. The van der Waals surface area contributed by atoms with Gasteiger partial charge in [0.05, 0.1) is 0 Å². The van der Waals surface area contributed by atoms with E-state index in [9.17, 15) is 4.79 Å². The highest BCUT2D eigenvalue weighted by atomic mass is 16.5. The fraction of sp³-hybridized carbons (Fsp3) is 0.440. The summed E-state index contributed by atoms with van der Waals surface area (Å²) in [5, 5.41) is 9.82. The largest absolute Gasteiger partial charge is 0.484 e. The Morgan fingerprint density at radius 1 is 1.06 bits per heavy atom. The first kappa shape index (κ1) is 21.2. The molecule has 0 heterocycles. The van der Waals surface area contributed by atoms with Gasteiger partial charge in [0.1, 0.15) is 5.75 Å². The average Bonchev–Trinajstić information content (AvgIpc) is 3.73. The molecule has 2 aromatic carbocycles. The number of ether oxygens (including phenoxy) is 1. The van der Waals surface area contributed by atoms with Crippen LogP contribution in [0.15, 0.2) is 59.6 Å². The summed E-state index contributed by atoms with van der Waals surface area (Å²) >= 11 is 0. The summed E-state index contributed by atoms with van der Waals surface area (Å²) in [6.45, 7) is 1.77. The molecule has 3 N–H and O–H groups in total. The van der Waals surface area contributed by atoms with Crippen LogP contribution in [0.25, 0.3) is 0 Å². The summed E-state index contributed by atoms with van der Waals surface area (Å²) in [7, 11) is 1.81. The zero-order valence-electron chi connectivity index (χ0n) is 18.2. The highest BCUT2D eigenvalue weighted by Gasteiger charge is 2.43. The van der Waals surface area contributed by atoms with E-state index >= 15 is 0 Å². The van der Waals surface area contributed by atoms with E-state index in [0.29, 0.717) is 6.04 Å². The predicted octanol–water partition coefficient (Wildman–Crippen LogP) is 2.78. The van der Waals surface area contributed by atoms with Crippen LogP contribution in [-0.4, -0.2) is 44.7 Å². The number of guanidine groups is 1. The third-order valence-electron chi connectivity index (χ3n) is 6.00. The fourth-order valence-electron chi connectivity index (χ4n) is 3.71. The van der Waals surface area contributed by atoms with Gasteiger partial charge in [-0.1, -0.05) is 42.5 Å². The molecular formula is C25H32N4O2. The maximum absolute atomic E-state index is 11.7. The zero-order valence-corrected chi connectivity index (χ0v) is 18.2. The number of hydrogen-bond acceptors (Lipinski definition) is 3. The number of carbonyl (C=O) groups excluding carboxylic acids is 1. The first-order chi connectivity index (χ1) is 15.2. The van der Waals surface area contributed by atoms with Crippen LogP contribution in [0.5, 0.6) is 5.75 Å². The van der Waals surface area contributed by atoms with Gasteiger partial charge < -0.3 is 20.7 Å². The minimum Gasteiger partial charge on any atom is -0.484 e. The Bertz CT molecular complexity index is 887. The van der Waals surface area contributed by atoms with E-state index in [2.05, 4.69) is 51.3 Å². The Morgan fingerprint density at radius 2 is 1.81 bits per heavy atom. The highest BCUT2D eigenvalue weighted by molar-refractivity contribution is 5.80. The molecule has 1 amide bonds. The standard InChI is InChI=1S/C25H32N4O2/c1-26-24(28-18-25(14-15-25)20-5-3-2-4-6-20)27-16-13-19-7-11-22(12-8-19)31-17-23(30)29-21-9-10-21/h2-8,11-12,21H,9-10,13-18H2,1H3,(H,29,30)(H2,26,27,28). The molecule has 2 aromatic rings. The fourth-order valence-corrected chi connectivity index (χ4v) is 3.71. The average molecular weight is 421 g/mol. The molecule has 31 heavy (non-hydrogen) atoms. The number of nitrogens with one attached hydrogen (secondary N) is 3. The number of nitrogens with zero attached hydrogens (tertiary/aromatic N) is 1. The number of rotatable bonds is 10. The molecule has 0 atom stereocenters. The van der Waals surface area contributed by atoms with E-state index in [-0.39, 0.29) is 17.9 Å². The van der Waals surface area contributed by atoms with Crippen LogP contribution in [0.2, 0.25) is 0 Å². The first-order valence-electron chi connectivity index (χ1n) is 11.2. The molecule has 0 saturated heterocycles. The van der Waals surface area contributed by atoms with E-state index in [1.54, 1.807) is 0 Å². The van der Waals surface area contributed by atoms with Crippen LogP contribution in [0, 0.1) is 0 Å². The van der Waals surface area contributed by atoms with Crippen molar-refractivity contribution >= 4 is 11.9 Å². The lowest BCUT2D eigenvalue weighted by Gasteiger charge is -2.19. The smallest absolute Gasteiger partial charge is 0.258 e. The van der Waals surface area contributed by atoms with Crippen LogP contribution >= 0.6 is 0 Å². The lowest BCUT2D eigenvalue weighted by Crippen LogP contribution is -2.41. The topological polar surface area (TPSA) is 74.8 Å². The Balaban J connectivity index is 1.16. The third kappa shape index (κ3) is 6.23. The van der Waals surface area contributed by atoms with Gasteiger partial charge in [0.2, 0.25) is 0 Å². The summed E-state index contributed by atoms with van der Waals surface area (Å²) < 4.78 is 5.56. The third-order valence-corrected chi connectivity index (χ3v) is 6.00. The van der Waals surface area contributed by atoms with Crippen molar-refractivity contribution in [2.45, 2.75) is 43.6 Å². The highest BCUT2D eigenvalue weighted by Crippen LogP contribution is 2.47. The van der Waals surface area contributed by atoms with Crippen molar-refractivity contribution in [2.24, 2.45) is 4.99 Å². The molecule has 2 fully saturated rings. The Kier molecular flexibility index (Phi) is 6.75. The number of hydrogen-bond donors (Lipinski definition) is 3. The van der Waals surface area contributed by atoms with Crippen molar-refractivity contribution in [3.8, 4) is 5.75 Å². The predicted molar refractivity (Wildman–Crippen MR) is 124 cm³/mol. The molecule has 2 saturated carbocycles. The second-order valence-corrected chi connectivity index (χ2v) is 8.52. The van der Waals surface area contributed by atoms with Crippen molar-refractivity contribution in [3.63, 3.8) is 0 Å². The summed E-state index contributed by atoms with van der Waals surface area (Å²) in [4.78, 5) is 16.1. The van der Waals surface area contributed by atoms with Crippen molar-refractivity contribution in [1.29, 1.82) is 0 Å². The maximum atomic E-state index is 11.7. The Hall–Kier alpha value is -3.02. The van der Waals surface area contributed by atoms with Crippen molar-refractivity contribution in [3.05, 3.63) is 65.7 Å². The molecular weight excluding hydrogens is 388 g/mol. The molecule has 2 aliphatic rings. The second kappa shape index (κ2) is 9.86. The molecule has 0 spiro atoms. The Labute approximate surface area is 184 Å². The van der Waals surface area contributed by atoms with Crippen molar-refractivity contribution < 1.29 is 9.53 Å². The van der Waals surface area contributed by atoms with Crippen LogP contribution in [-0.2, 0) is 16.6 Å². The number of carbonyl (C=O) groups is 1. The number of amides is 1. The quantitative estimate of drug-likeness (QED) is 0.408. The van der Waals surface area contributed by atoms with Gasteiger partial charge in [-0.25, -0.2) is 0 Å². The van der Waals surface area contributed by atoms with Crippen LogP contribution in [0.3, 0.4) is 0 Å². The number of benzene rings is 2. The van der Waals surface area contributed by atoms with Gasteiger partial charge in [-0.2, -0.15) is 0 Å². The maximum Gasteiger partial charge on any atom is 0.258 e. The van der Waals surface area contributed by atoms with E-state index in [1.165, 1.54) is 24.0 Å². The molecule has 0 unspecified atom stereocenters. The van der Waals surface area contributed by atoms with Crippen molar-refractivity contribution in [2.75, 3.05) is 26.7 Å². The second-order valence-electron chi connectivity index (χ2n) is 8.52. The normalized spacial score (nSPS) is 17.0. The minimum absolute atomic E-state index is 0.0464. The summed E-state index contributed by atoms with van der Waals surface area (Å²) in [6, 6.07) is 19.0. The first-order valence-corrected chi connectivity index (χ1v) is 11.2. The van der Waals surface area contributed by atoms with Gasteiger partial charge in [-0.05, 0) is 55.4 Å². The SMILES string of the molecule is CN=C(NCCc1ccc(OCC(=O)NC2CC2)cc1)NCC1(c2ccccc2)CC1. The molecule has 2 aliphatic carbocycles. The Morgan fingerprint density at radius 3 is 2.45 bits per heavy atom. The van der Waals surface area contributed by atoms with Gasteiger partial charge in [0.15, 0.2) is 12.6 Å². The van der Waals surface area contributed by atoms with Gasteiger partial charge >= 0.3 is 0 Å². The van der Waals surface area contributed by atoms with Gasteiger partial charge in [0, 0.05) is 31.6 Å². The van der Waals surface area contributed by atoms with Crippen LogP contribution in [0.4, 0.5) is 0 Å². The molecule has 4 rings (SSSR count). The number of aliphatic imine (C=N–C) groups is 1. The minimum atomic E-state index is -0.0464. The lowest BCUT2D eigenvalue weighted by atomic mass is 9.96. The van der Waals surface area contributed by atoms with Crippen LogP contribution in [0.1, 0.15) is 36.8 Å². The molecule has 164 valence electrons. The molecule has 6 heteroatoms. The van der Waals surface area contributed by atoms with E-state index in [4.69, 9.17) is 4.74 Å². The van der Waals surface area contributed by atoms with Crippen molar-refractivity contribution in [1.82, 2.24) is 16.0 Å². The van der Waals surface area contributed by atoms with E-state index < -0.39 is 0 Å². The van der Waals surface area contributed by atoms with Gasteiger partial charge in [-0.15, -0.1) is 0 Å². The molecule has 0 aromatic heterocycles. The lowest BCUT2D eigenvalue weighted by molar-refractivity contribution is -0.123. The van der Waals surface area contributed by atoms with Gasteiger partial charge in [0.25, 0.3) is 5.91 Å². The summed E-state index contributed by atoms with van der Waals surface area (Å²) in [6.07, 6.45) is 5.49. The summed E-state index contributed by atoms with van der Waals surface area (Å²) in [5.41, 5.74) is 2.87. The van der Waals surface area contributed by atoms with Gasteiger partial charge in [-0.3, -0.25) is 9.79 Å². The zero-order chi connectivity index (χ0) is 21.5. The van der Waals surface area contributed by atoms with E-state index in [0.717, 1.165) is 44.1 Å². The molecule has 0 aliphatic heterocycles. The monoisotopic (exact) mass is 420 g/mol. The van der Waals surface area contributed by atoms with E-state index in [1.807, 2.05) is 31.3 Å².